The first-order valence-corrected chi connectivity index (χ1v) is 11.0. The van der Waals surface area contributed by atoms with Crippen molar-refractivity contribution in [3.05, 3.63) is 24.3 Å². The maximum absolute atomic E-state index is 11.8. The summed E-state index contributed by atoms with van der Waals surface area (Å²) in [5.41, 5.74) is 0. The summed E-state index contributed by atoms with van der Waals surface area (Å²) >= 11 is 0. The molecular weight excluding hydrogens is 393 g/mol. The van der Waals surface area contributed by atoms with Crippen LogP contribution in [0.4, 0.5) is 0 Å². The molecular formula is C23H38NNaO5. The van der Waals surface area contributed by atoms with Crippen LogP contribution in [0.2, 0.25) is 0 Å². The van der Waals surface area contributed by atoms with Crippen LogP contribution >= 0.6 is 0 Å². The normalized spacial score (nSPS) is 12.0. The Morgan fingerprint density at radius 3 is 2.00 bits per heavy atom. The zero-order valence-electron chi connectivity index (χ0n) is 18.9. The predicted molar refractivity (Wildman–Crippen MR) is 113 cm³/mol. The average Bonchev–Trinajstić information content (AvgIpc) is 2.67. The number of carboxylic acids is 2. The molecule has 1 atom stereocenters. The SMILES string of the molecule is CCCCC/C=C\C/C=C\CCCCCCCC(=O)N[C@@H](CCC(=O)[O-])C(=O)O.[Na+]. The smallest absolute Gasteiger partial charge is 0.550 e. The molecule has 0 fully saturated rings. The number of carbonyl (C=O) groups is 3. The second-order valence-corrected chi connectivity index (χ2v) is 7.35. The molecule has 0 rings (SSSR count). The topological polar surface area (TPSA) is 107 Å². The Kier molecular flexibility index (Phi) is 23.4. The van der Waals surface area contributed by atoms with Crippen LogP contribution in [0.3, 0.4) is 0 Å². The fraction of sp³-hybridized carbons (Fsp3) is 0.696. The number of allylic oxidation sites excluding steroid dienone is 4. The van der Waals surface area contributed by atoms with Gasteiger partial charge in [0.25, 0.3) is 0 Å². The van der Waals surface area contributed by atoms with E-state index in [2.05, 4.69) is 36.5 Å². The molecule has 2 N–H and O–H groups in total. The minimum absolute atomic E-state index is 0. The van der Waals surface area contributed by atoms with Gasteiger partial charge in [-0.15, -0.1) is 0 Å². The first kappa shape index (κ1) is 31.1. The van der Waals surface area contributed by atoms with Gasteiger partial charge in [0, 0.05) is 12.4 Å². The standard InChI is InChI=1S/C23H39NO5.Na/c1-2-3-4-5-6-7-8-9-10-11-12-13-14-15-16-17-21(25)24-20(23(28)29)18-19-22(26)27;/h6-7,9-10,20H,2-5,8,11-19H2,1H3,(H,24,25)(H,26,27)(H,28,29);/q;+1/p-1/b7-6-,10-9-;/t20-;/m0./s1. The number of hydrogen-bond donors (Lipinski definition) is 2. The molecule has 0 radical (unpaired) electrons. The van der Waals surface area contributed by atoms with Crippen LogP contribution in [0.1, 0.15) is 96.8 Å². The zero-order valence-corrected chi connectivity index (χ0v) is 20.9. The number of amides is 1. The number of carbonyl (C=O) groups excluding carboxylic acids is 2. The average molecular weight is 432 g/mol. The molecule has 0 heterocycles. The van der Waals surface area contributed by atoms with Gasteiger partial charge in [0.05, 0.1) is 0 Å². The predicted octanol–water partition coefficient (Wildman–Crippen LogP) is 0.903. The van der Waals surface area contributed by atoms with Crippen LogP contribution in [0.5, 0.6) is 0 Å². The number of unbranched alkanes of at least 4 members (excludes halogenated alkanes) is 8. The molecule has 0 aliphatic rings. The van der Waals surface area contributed by atoms with Gasteiger partial charge in [-0.25, -0.2) is 4.79 Å². The van der Waals surface area contributed by atoms with Crippen molar-refractivity contribution < 1.29 is 54.2 Å². The summed E-state index contributed by atoms with van der Waals surface area (Å²) < 4.78 is 0. The van der Waals surface area contributed by atoms with E-state index in [4.69, 9.17) is 5.11 Å². The molecule has 0 aliphatic heterocycles. The Bertz CT molecular complexity index is 520. The second-order valence-electron chi connectivity index (χ2n) is 7.35. The van der Waals surface area contributed by atoms with Crippen LogP contribution < -0.4 is 40.0 Å². The van der Waals surface area contributed by atoms with Gasteiger partial charge in [0.15, 0.2) is 0 Å². The number of carboxylic acid groups (broad SMARTS) is 2. The third-order valence-corrected chi connectivity index (χ3v) is 4.62. The van der Waals surface area contributed by atoms with E-state index >= 15 is 0 Å². The van der Waals surface area contributed by atoms with Gasteiger partial charge in [0.1, 0.15) is 6.04 Å². The fourth-order valence-electron chi connectivity index (χ4n) is 2.88. The molecule has 0 unspecified atom stereocenters. The maximum Gasteiger partial charge on any atom is 1.00 e. The van der Waals surface area contributed by atoms with E-state index in [1.807, 2.05) is 0 Å². The van der Waals surface area contributed by atoms with Gasteiger partial charge in [-0.2, -0.15) is 0 Å². The third-order valence-electron chi connectivity index (χ3n) is 4.62. The Morgan fingerprint density at radius 1 is 0.867 bits per heavy atom. The van der Waals surface area contributed by atoms with E-state index in [9.17, 15) is 19.5 Å². The van der Waals surface area contributed by atoms with Gasteiger partial charge in [-0.1, -0.05) is 63.3 Å². The Balaban J connectivity index is 0. The van der Waals surface area contributed by atoms with E-state index in [0.717, 1.165) is 38.5 Å². The molecule has 0 aromatic rings. The molecule has 0 aromatic carbocycles. The van der Waals surface area contributed by atoms with Crippen LogP contribution in [0.15, 0.2) is 24.3 Å². The number of rotatable bonds is 19. The third kappa shape index (κ3) is 21.6. The number of hydrogen-bond acceptors (Lipinski definition) is 4. The molecule has 1 amide bonds. The van der Waals surface area contributed by atoms with Crippen molar-refractivity contribution in [1.82, 2.24) is 5.32 Å². The Hall–Kier alpha value is -1.11. The molecule has 0 bridgehead atoms. The monoisotopic (exact) mass is 431 g/mol. The molecule has 166 valence electrons. The van der Waals surface area contributed by atoms with Gasteiger partial charge in [-0.05, 0) is 51.4 Å². The fourth-order valence-corrected chi connectivity index (χ4v) is 2.88. The van der Waals surface area contributed by atoms with Gasteiger partial charge >= 0.3 is 35.5 Å². The summed E-state index contributed by atoms with van der Waals surface area (Å²) in [6.45, 7) is 2.21. The molecule has 30 heavy (non-hydrogen) atoms. The van der Waals surface area contributed by atoms with Crippen molar-refractivity contribution in [2.45, 2.75) is 103 Å². The summed E-state index contributed by atoms with van der Waals surface area (Å²) in [4.78, 5) is 33.2. The van der Waals surface area contributed by atoms with E-state index in [-0.39, 0.29) is 54.7 Å². The minimum atomic E-state index is -1.32. The minimum Gasteiger partial charge on any atom is -0.550 e. The zero-order chi connectivity index (χ0) is 21.7. The van der Waals surface area contributed by atoms with Crippen molar-refractivity contribution >= 4 is 17.8 Å². The molecule has 7 heteroatoms. The van der Waals surface area contributed by atoms with E-state index < -0.39 is 18.0 Å². The van der Waals surface area contributed by atoms with Crippen molar-refractivity contribution in [3.8, 4) is 0 Å². The van der Waals surface area contributed by atoms with Crippen LogP contribution in [-0.2, 0) is 14.4 Å². The van der Waals surface area contributed by atoms with Crippen molar-refractivity contribution in [3.63, 3.8) is 0 Å². The van der Waals surface area contributed by atoms with Crippen molar-refractivity contribution in [2.24, 2.45) is 0 Å². The summed E-state index contributed by atoms with van der Waals surface area (Å²) in [6.07, 6.45) is 20.7. The molecule has 6 nitrogen and oxygen atoms in total. The van der Waals surface area contributed by atoms with Crippen molar-refractivity contribution in [2.75, 3.05) is 0 Å². The summed E-state index contributed by atoms with van der Waals surface area (Å²) in [5.74, 6) is -2.89. The van der Waals surface area contributed by atoms with Crippen LogP contribution in [0.25, 0.3) is 0 Å². The molecule has 0 aliphatic carbocycles. The number of nitrogens with one attached hydrogen (secondary N) is 1. The molecule has 0 aromatic heterocycles. The van der Waals surface area contributed by atoms with E-state index in [0.29, 0.717) is 6.42 Å². The first-order chi connectivity index (χ1) is 14.0. The van der Waals surface area contributed by atoms with Gasteiger partial charge in [0.2, 0.25) is 5.91 Å². The number of aliphatic carboxylic acids is 2. The van der Waals surface area contributed by atoms with E-state index in [1.165, 1.54) is 25.7 Å². The molecule has 0 spiro atoms. The quantitative estimate of drug-likeness (QED) is 0.180. The Morgan fingerprint density at radius 2 is 1.43 bits per heavy atom. The maximum atomic E-state index is 11.8. The van der Waals surface area contributed by atoms with Crippen LogP contribution in [0, 0.1) is 0 Å². The van der Waals surface area contributed by atoms with Crippen LogP contribution in [-0.4, -0.2) is 29.0 Å². The summed E-state index contributed by atoms with van der Waals surface area (Å²) in [7, 11) is 0. The Labute approximate surface area is 203 Å². The van der Waals surface area contributed by atoms with E-state index in [1.54, 1.807) is 0 Å². The largest absolute Gasteiger partial charge is 1.00 e. The van der Waals surface area contributed by atoms with Gasteiger partial charge < -0.3 is 20.3 Å². The van der Waals surface area contributed by atoms with Crippen molar-refractivity contribution in [1.29, 1.82) is 0 Å². The summed E-state index contributed by atoms with van der Waals surface area (Å²) in [6, 6.07) is -1.17. The molecule has 0 saturated heterocycles. The van der Waals surface area contributed by atoms with Gasteiger partial charge in [-0.3, -0.25) is 4.79 Å². The summed E-state index contributed by atoms with van der Waals surface area (Å²) in [5, 5.41) is 21.8. The molecule has 0 saturated carbocycles. The second kappa shape index (κ2) is 22.6. The first-order valence-electron chi connectivity index (χ1n) is 11.0.